The Morgan fingerprint density at radius 2 is 1.91 bits per heavy atom. The summed E-state index contributed by atoms with van der Waals surface area (Å²) in [5.41, 5.74) is 1.06. The van der Waals surface area contributed by atoms with Gasteiger partial charge in [-0.25, -0.2) is 0 Å². The van der Waals surface area contributed by atoms with Gasteiger partial charge in [0.05, 0.1) is 4.92 Å². The Kier molecular flexibility index (Phi) is 8.04. The molecule has 0 amide bonds. The lowest BCUT2D eigenvalue weighted by Crippen LogP contribution is -2.47. The van der Waals surface area contributed by atoms with Crippen molar-refractivity contribution in [3.05, 3.63) is 38.9 Å². The molecule has 1 aromatic rings. The molecule has 1 atom stereocenters. The monoisotopic (exact) mass is 381 g/mol. The van der Waals surface area contributed by atoms with E-state index >= 15 is 0 Å². The third-order valence-corrected chi connectivity index (χ3v) is 4.97. The molecule has 0 spiro atoms. The van der Waals surface area contributed by atoms with Crippen molar-refractivity contribution >= 4 is 42.1 Å². The number of benzene rings is 1. The molecule has 1 saturated carbocycles. The second-order valence-electron chi connectivity index (χ2n) is 5.89. The highest BCUT2D eigenvalue weighted by molar-refractivity contribution is 6.32. The minimum Gasteiger partial charge on any atom is -0.314 e. The van der Waals surface area contributed by atoms with Gasteiger partial charge in [-0.3, -0.25) is 15.0 Å². The Morgan fingerprint density at radius 3 is 2.43 bits per heavy atom. The fourth-order valence-corrected chi connectivity index (χ4v) is 3.54. The number of nitro benzene ring substituents is 1. The van der Waals surface area contributed by atoms with Crippen molar-refractivity contribution in [1.29, 1.82) is 0 Å². The lowest BCUT2D eigenvalue weighted by Gasteiger charge is -2.43. The number of halogens is 3. The van der Waals surface area contributed by atoms with Crippen LogP contribution in [0.5, 0.6) is 0 Å². The number of rotatable bonds is 4. The van der Waals surface area contributed by atoms with E-state index in [0.29, 0.717) is 5.92 Å². The van der Waals surface area contributed by atoms with Crippen LogP contribution in [0.2, 0.25) is 5.02 Å². The second kappa shape index (κ2) is 9.04. The van der Waals surface area contributed by atoms with E-state index in [1.807, 2.05) is 6.07 Å². The molecule has 1 heterocycles. The molecule has 23 heavy (non-hydrogen) atoms. The zero-order chi connectivity index (χ0) is 14.8. The summed E-state index contributed by atoms with van der Waals surface area (Å²) in [4.78, 5) is 13.2. The maximum Gasteiger partial charge on any atom is 0.288 e. The molecule has 5 nitrogen and oxygen atoms in total. The zero-order valence-electron chi connectivity index (χ0n) is 12.7. The predicted molar refractivity (Wildman–Crippen MR) is 97.1 cm³/mol. The van der Waals surface area contributed by atoms with Gasteiger partial charge < -0.3 is 5.32 Å². The van der Waals surface area contributed by atoms with Crippen molar-refractivity contribution in [3.63, 3.8) is 0 Å². The summed E-state index contributed by atoms with van der Waals surface area (Å²) in [6.07, 6.45) is 3.69. The lowest BCUT2D eigenvalue weighted by molar-refractivity contribution is -0.384. The van der Waals surface area contributed by atoms with Gasteiger partial charge in [0.25, 0.3) is 5.69 Å². The molecule has 0 radical (unpaired) electrons. The van der Waals surface area contributed by atoms with E-state index in [1.165, 1.54) is 19.3 Å². The van der Waals surface area contributed by atoms with Gasteiger partial charge in [0.2, 0.25) is 0 Å². The molecule has 2 fully saturated rings. The summed E-state index contributed by atoms with van der Waals surface area (Å²) in [6, 6.07) is 5.59. The van der Waals surface area contributed by atoms with Crippen LogP contribution in [0.25, 0.3) is 0 Å². The Bertz CT molecular complexity index is 535. The Morgan fingerprint density at radius 1 is 1.26 bits per heavy atom. The van der Waals surface area contributed by atoms with E-state index in [-0.39, 0.29) is 46.5 Å². The zero-order valence-corrected chi connectivity index (χ0v) is 15.1. The summed E-state index contributed by atoms with van der Waals surface area (Å²) in [7, 11) is 0. The normalized spacial score (nSPS) is 19.9. The van der Waals surface area contributed by atoms with Crippen LogP contribution in [-0.4, -0.2) is 36.0 Å². The fraction of sp³-hybridized carbons (Fsp3) is 0.600. The van der Waals surface area contributed by atoms with E-state index in [4.69, 9.17) is 11.6 Å². The van der Waals surface area contributed by atoms with Gasteiger partial charge in [0, 0.05) is 38.3 Å². The largest absolute Gasteiger partial charge is 0.314 e. The van der Waals surface area contributed by atoms with Crippen LogP contribution in [0, 0.1) is 16.0 Å². The topological polar surface area (TPSA) is 58.4 Å². The van der Waals surface area contributed by atoms with Gasteiger partial charge in [0.1, 0.15) is 5.02 Å². The molecular formula is C15H22Cl3N3O2. The first-order chi connectivity index (χ1) is 10.2. The lowest BCUT2D eigenvalue weighted by atomic mass is 9.76. The standard InChI is InChI=1S/C15H20ClN3O2.2ClH/c16-13-5-4-12(10-14(13)19(20)21)15(11-2-1-3-11)18-8-6-17-7-9-18;;/h4-5,10-11,15,17H,1-3,6-9H2;2*1H/t15-;;/m0../s1. The van der Waals surface area contributed by atoms with Gasteiger partial charge in [-0.05, 0) is 30.4 Å². The van der Waals surface area contributed by atoms with Crippen LogP contribution in [0.4, 0.5) is 5.69 Å². The van der Waals surface area contributed by atoms with Crippen molar-refractivity contribution in [2.75, 3.05) is 26.2 Å². The fourth-order valence-electron chi connectivity index (χ4n) is 3.35. The van der Waals surface area contributed by atoms with Gasteiger partial charge >= 0.3 is 0 Å². The van der Waals surface area contributed by atoms with E-state index in [1.54, 1.807) is 12.1 Å². The maximum atomic E-state index is 11.1. The van der Waals surface area contributed by atoms with Gasteiger partial charge in [0.15, 0.2) is 0 Å². The summed E-state index contributed by atoms with van der Waals surface area (Å²) in [5, 5.41) is 14.7. The highest BCUT2D eigenvalue weighted by Gasteiger charge is 2.34. The molecule has 3 rings (SSSR count). The summed E-state index contributed by atoms with van der Waals surface area (Å²) in [5.74, 6) is 0.615. The molecule has 1 N–H and O–H groups in total. The number of hydrogen-bond acceptors (Lipinski definition) is 4. The average Bonchev–Trinajstić information content (AvgIpc) is 2.44. The molecular weight excluding hydrogens is 361 g/mol. The molecule has 1 aliphatic heterocycles. The van der Waals surface area contributed by atoms with Crippen LogP contribution in [-0.2, 0) is 0 Å². The first kappa shape index (κ1) is 20.5. The molecule has 0 unspecified atom stereocenters. The Labute approximate surface area is 153 Å². The minimum atomic E-state index is -0.387. The summed E-state index contributed by atoms with van der Waals surface area (Å²) < 4.78 is 0. The molecule has 1 aromatic carbocycles. The van der Waals surface area contributed by atoms with Gasteiger partial charge in [-0.1, -0.05) is 24.1 Å². The minimum absolute atomic E-state index is 0. The molecule has 1 aliphatic carbocycles. The van der Waals surface area contributed by atoms with E-state index in [2.05, 4.69) is 10.2 Å². The van der Waals surface area contributed by atoms with Crippen molar-refractivity contribution in [2.45, 2.75) is 25.3 Å². The summed E-state index contributed by atoms with van der Waals surface area (Å²) in [6.45, 7) is 3.97. The number of hydrogen-bond donors (Lipinski definition) is 1. The van der Waals surface area contributed by atoms with Crippen molar-refractivity contribution in [3.8, 4) is 0 Å². The van der Waals surface area contributed by atoms with Crippen molar-refractivity contribution in [2.24, 2.45) is 5.92 Å². The average molecular weight is 383 g/mol. The molecule has 0 aromatic heterocycles. The van der Waals surface area contributed by atoms with Crippen LogP contribution < -0.4 is 5.32 Å². The SMILES string of the molecule is Cl.Cl.O=[N+]([O-])c1cc([C@H](C2CCC2)N2CCNCC2)ccc1Cl. The van der Waals surface area contributed by atoms with Gasteiger partial charge in [-0.15, -0.1) is 24.8 Å². The van der Waals surface area contributed by atoms with E-state index < -0.39 is 0 Å². The predicted octanol–water partition coefficient (Wildman–Crippen LogP) is 3.84. The molecule has 8 heteroatoms. The smallest absolute Gasteiger partial charge is 0.288 e. The number of nitrogens with one attached hydrogen (secondary N) is 1. The first-order valence-electron chi connectivity index (χ1n) is 7.55. The first-order valence-corrected chi connectivity index (χ1v) is 7.93. The van der Waals surface area contributed by atoms with E-state index in [9.17, 15) is 10.1 Å². The Hall–Kier alpha value is -0.590. The van der Waals surface area contributed by atoms with Crippen molar-refractivity contribution in [1.82, 2.24) is 10.2 Å². The number of nitrogens with zero attached hydrogens (tertiary/aromatic N) is 2. The second-order valence-corrected chi connectivity index (χ2v) is 6.30. The number of piperazine rings is 1. The van der Waals surface area contributed by atoms with Crippen LogP contribution in [0.15, 0.2) is 18.2 Å². The molecule has 0 bridgehead atoms. The maximum absolute atomic E-state index is 11.1. The highest BCUT2D eigenvalue weighted by atomic mass is 35.5. The van der Waals surface area contributed by atoms with Crippen LogP contribution >= 0.6 is 36.4 Å². The highest BCUT2D eigenvalue weighted by Crippen LogP contribution is 2.42. The van der Waals surface area contributed by atoms with Crippen LogP contribution in [0.3, 0.4) is 0 Å². The molecule has 130 valence electrons. The van der Waals surface area contributed by atoms with E-state index in [0.717, 1.165) is 31.7 Å². The Balaban J connectivity index is 0.00000132. The van der Waals surface area contributed by atoms with Crippen LogP contribution in [0.1, 0.15) is 30.9 Å². The molecule has 2 aliphatic rings. The third-order valence-electron chi connectivity index (χ3n) is 4.65. The summed E-state index contributed by atoms with van der Waals surface area (Å²) >= 11 is 5.94. The number of nitro groups is 1. The van der Waals surface area contributed by atoms with Gasteiger partial charge in [-0.2, -0.15) is 0 Å². The molecule has 1 saturated heterocycles. The van der Waals surface area contributed by atoms with Crippen molar-refractivity contribution < 1.29 is 4.92 Å². The quantitative estimate of drug-likeness (QED) is 0.635. The third kappa shape index (κ3) is 4.48.